The number of fused-ring (bicyclic) bond motifs is 2. The van der Waals surface area contributed by atoms with E-state index < -0.39 is 35.0 Å². The summed E-state index contributed by atoms with van der Waals surface area (Å²) >= 11 is 0. The van der Waals surface area contributed by atoms with Crippen LogP contribution in [0.3, 0.4) is 0 Å². The second-order valence-corrected chi connectivity index (χ2v) is 8.27. The van der Waals surface area contributed by atoms with Gasteiger partial charge in [-0.05, 0) is 27.7 Å². The van der Waals surface area contributed by atoms with E-state index in [0.717, 1.165) is 0 Å². The number of H-pyrrole nitrogens is 1. The number of likely N-dealkylation sites (tertiary alicyclic amines) is 1. The highest BCUT2D eigenvalue weighted by Gasteiger charge is 2.67. The van der Waals surface area contributed by atoms with Crippen LogP contribution in [0.2, 0.25) is 0 Å². The molecule has 4 atom stereocenters. The highest BCUT2D eigenvalue weighted by Crippen LogP contribution is 2.52. The summed E-state index contributed by atoms with van der Waals surface area (Å²) in [5.41, 5.74) is -0.771. The lowest BCUT2D eigenvalue weighted by atomic mass is 9.76. The number of aromatic nitrogens is 4. The van der Waals surface area contributed by atoms with Gasteiger partial charge in [0.25, 0.3) is 11.3 Å². The van der Waals surface area contributed by atoms with E-state index in [-0.39, 0.29) is 23.4 Å². The largest absolute Gasteiger partial charge is 0.360 e. The summed E-state index contributed by atoms with van der Waals surface area (Å²) in [4.78, 5) is 49.2. The maximum Gasteiger partial charge on any atom is 0.298 e. The third-order valence-corrected chi connectivity index (χ3v) is 6.09. The summed E-state index contributed by atoms with van der Waals surface area (Å²) in [5, 5.41) is 5.52. The van der Waals surface area contributed by atoms with Gasteiger partial charge in [-0.2, -0.15) is 9.50 Å². The van der Waals surface area contributed by atoms with Crippen molar-refractivity contribution < 1.29 is 14.3 Å². The minimum atomic E-state index is -0.763. The van der Waals surface area contributed by atoms with E-state index in [1.807, 2.05) is 26.0 Å². The molecule has 10 heteroatoms. The lowest BCUT2D eigenvalue weighted by Gasteiger charge is -2.24. The van der Waals surface area contributed by atoms with Crippen LogP contribution >= 0.6 is 0 Å². The molecule has 0 aliphatic carbocycles. The van der Waals surface area contributed by atoms with Crippen molar-refractivity contribution in [2.24, 2.45) is 11.8 Å². The van der Waals surface area contributed by atoms with Gasteiger partial charge in [0.2, 0.25) is 11.8 Å². The number of nitrogens with zero attached hydrogens (tertiary/aromatic N) is 4. The maximum atomic E-state index is 13.2. The Morgan fingerprint density at radius 2 is 2.10 bits per heavy atom. The molecule has 5 heterocycles. The molecule has 2 aromatic heterocycles. The molecule has 3 aliphatic heterocycles. The number of amides is 2. The van der Waals surface area contributed by atoms with Gasteiger partial charge >= 0.3 is 0 Å². The van der Waals surface area contributed by atoms with Crippen LogP contribution in [-0.2, 0) is 14.3 Å². The Morgan fingerprint density at radius 1 is 1.34 bits per heavy atom. The minimum absolute atomic E-state index is 0.0179. The van der Waals surface area contributed by atoms with Crippen LogP contribution in [0, 0.1) is 25.7 Å². The van der Waals surface area contributed by atoms with Gasteiger partial charge in [-0.15, -0.1) is 0 Å². The summed E-state index contributed by atoms with van der Waals surface area (Å²) in [5.74, 6) is -1.00. The molecule has 2 amide bonds. The molecule has 2 saturated heterocycles. The monoisotopic (exact) mass is 398 g/mol. The Balaban J connectivity index is 1.50. The highest BCUT2D eigenvalue weighted by molar-refractivity contribution is 5.99. The lowest BCUT2D eigenvalue weighted by Crippen LogP contribution is -2.42. The van der Waals surface area contributed by atoms with Crippen LogP contribution in [-0.4, -0.2) is 60.6 Å². The fraction of sp³-hybridized carbons (Fsp3) is 0.526. The Bertz CT molecular complexity index is 1150. The Labute approximate surface area is 165 Å². The molecule has 2 bridgehead atoms. The second-order valence-electron chi connectivity index (χ2n) is 8.27. The summed E-state index contributed by atoms with van der Waals surface area (Å²) in [6.07, 6.45) is 3.28. The molecule has 5 rings (SSSR count). The van der Waals surface area contributed by atoms with Crippen LogP contribution in [0.25, 0.3) is 5.78 Å². The van der Waals surface area contributed by atoms with E-state index in [4.69, 9.17) is 4.74 Å². The van der Waals surface area contributed by atoms with E-state index >= 15 is 0 Å². The average molecular weight is 398 g/mol. The first-order valence-electron chi connectivity index (χ1n) is 9.66. The number of nitrogens with one attached hydrogen (secondary N) is 2. The molecule has 2 aromatic rings. The van der Waals surface area contributed by atoms with Crippen LogP contribution < -0.4 is 10.9 Å². The summed E-state index contributed by atoms with van der Waals surface area (Å²) < 4.78 is 7.28. The predicted molar refractivity (Wildman–Crippen MR) is 102 cm³/mol. The van der Waals surface area contributed by atoms with Crippen LogP contribution in [0.15, 0.2) is 16.9 Å². The number of rotatable bonds is 3. The van der Waals surface area contributed by atoms with E-state index in [1.165, 1.54) is 4.52 Å². The number of hydrogen-bond donors (Lipinski definition) is 2. The van der Waals surface area contributed by atoms with E-state index in [9.17, 15) is 14.4 Å². The summed E-state index contributed by atoms with van der Waals surface area (Å²) in [6.45, 7) is 7.68. The molecule has 2 N–H and O–H groups in total. The van der Waals surface area contributed by atoms with E-state index in [0.29, 0.717) is 18.1 Å². The molecular formula is C19H22N6O4. The smallest absolute Gasteiger partial charge is 0.298 e. The predicted octanol–water partition coefficient (Wildman–Crippen LogP) is 0.163. The number of aromatic amines is 1. The first kappa shape index (κ1) is 18.0. The maximum absolute atomic E-state index is 13.2. The average Bonchev–Trinajstić information content (AvgIpc) is 3.38. The molecule has 0 aromatic carbocycles. The number of aryl methyl sites for hydroxylation is 2. The molecule has 2 fully saturated rings. The number of anilines is 1. The van der Waals surface area contributed by atoms with Crippen molar-refractivity contribution in [3.8, 4) is 0 Å². The Morgan fingerprint density at radius 3 is 2.83 bits per heavy atom. The van der Waals surface area contributed by atoms with Crippen molar-refractivity contribution in [1.29, 1.82) is 0 Å². The zero-order valence-corrected chi connectivity index (χ0v) is 16.6. The number of ether oxygens (including phenoxy) is 1. The highest BCUT2D eigenvalue weighted by atomic mass is 16.5. The summed E-state index contributed by atoms with van der Waals surface area (Å²) in [6, 6.07) is 0.0179. The molecule has 29 heavy (non-hydrogen) atoms. The minimum Gasteiger partial charge on any atom is -0.360 e. The zero-order valence-electron chi connectivity index (χ0n) is 16.6. The van der Waals surface area contributed by atoms with Crippen molar-refractivity contribution in [3.05, 3.63) is 34.0 Å². The van der Waals surface area contributed by atoms with Gasteiger partial charge in [0.05, 0.1) is 30.2 Å². The van der Waals surface area contributed by atoms with Gasteiger partial charge in [-0.1, -0.05) is 12.2 Å². The lowest BCUT2D eigenvalue weighted by molar-refractivity contribution is -0.136. The van der Waals surface area contributed by atoms with Crippen LogP contribution in [0.5, 0.6) is 0 Å². The zero-order chi connectivity index (χ0) is 20.7. The SMILES string of the molecule is Cc1nc2nc(C)c(NC(=O)[C@H]3[C@@H]4C=C[C@@]5(CN(C(C)C)C(=O)[C@@H]35)O4)c(=O)n2[nH]1. The normalized spacial score (nSPS) is 30.0. The second kappa shape index (κ2) is 5.76. The fourth-order valence-corrected chi connectivity index (χ4v) is 4.74. The molecule has 0 radical (unpaired) electrons. The van der Waals surface area contributed by atoms with Gasteiger partial charge in [-0.25, -0.2) is 4.98 Å². The molecule has 3 aliphatic rings. The first-order chi connectivity index (χ1) is 13.7. The van der Waals surface area contributed by atoms with Gasteiger partial charge in [0.15, 0.2) is 0 Å². The molecule has 0 unspecified atom stereocenters. The molecule has 10 nitrogen and oxygen atoms in total. The van der Waals surface area contributed by atoms with E-state index in [2.05, 4.69) is 20.4 Å². The van der Waals surface area contributed by atoms with Crippen molar-refractivity contribution in [3.63, 3.8) is 0 Å². The van der Waals surface area contributed by atoms with Gasteiger partial charge in [0, 0.05) is 6.04 Å². The number of carbonyl (C=O) groups excluding carboxylic acids is 2. The quantitative estimate of drug-likeness (QED) is 0.711. The third kappa shape index (κ3) is 2.35. The van der Waals surface area contributed by atoms with Crippen molar-refractivity contribution in [2.75, 3.05) is 11.9 Å². The Kier molecular flexibility index (Phi) is 3.58. The number of carbonyl (C=O) groups is 2. The number of hydrogen-bond acceptors (Lipinski definition) is 6. The van der Waals surface area contributed by atoms with Gasteiger partial charge in [0.1, 0.15) is 17.1 Å². The molecule has 0 saturated carbocycles. The van der Waals surface area contributed by atoms with Crippen LogP contribution in [0.1, 0.15) is 25.4 Å². The summed E-state index contributed by atoms with van der Waals surface area (Å²) in [7, 11) is 0. The molecule has 1 spiro atoms. The Hall–Kier alpha value is -3.01. The third-order valence-electron chi connectivity index (χ3n) is 6.09. The van der Waals surface area contributed by atoms with E-state index in [1.54, 1.807) is 18.7 Å². The first-order valence-corrected chi connectivity index (χ1v) is 9.66. The molecule has 152 valence electrons. The van der Waals surface area contributed by atoms with Gasteiger partial charge < -0.3 is 15.0 Å². The van der Waals surface area contributed by atoms with Crippen LogP contribution in [0.4, 0.5) is 5.69 Å². The standard InChI is InChI=1S/C19H22N6O4/c1-8(2)24-7-19-6-5-11(29-19)12(13(19)16(24)27)15(26)22-14-9(3)20-18-21-10(4)23-25(18)17(14)28/h5-6,8,11-13H,7H2,1-4H3,(H,22,26)(H,20,21,23)/t11-,12-,13+,19-/m0/s1. The van der Waals surface area contributed by atoms with Gasteiger partial charge in [-0.3, -0.25) is 19.5 Å². The fourth-order valence-electron chi connectivity index (χ4n) is 4.74. The van der Waals surface area contributed by atoms with Crippen molar-refractivity contribution in [1.82, 2.24) is 24.5 Å². The van der Waals surface area contributed by atoms with Crippen molar-refractivity contribution >= 4 is 23.3 Å². The topological polar surface area (TPSA) is 122 Å². The molecular weight excluding hydrogens is 376 g/mol. The van der Waals surface area contributed by atoms with Crippen molar-refractivity contribution in [2.45, 2.75) is 45.4 Å².